The zero-order valence-electron chi connectivity index (χ0n) is 12.2. The predicted octanol–water partition coefficient (Wildman–Crippen LogP) is 4.49. The van der Waals surface area contributed by atoms with Gasteiger partial charge in [0.05, 0.1) is 23.7 Å². The Balaban J connectivity index is 1.96. The van der Waals surface area contributed by atoms with Crippen molar-refractivity contribution >= 4 is 34.5 Å². The highest BCUT2D eigenvalue weighted by atomic mass is 35.5. The fraction of sp³-hybridized carbons (Fsp3) is 0.267. The summed E-state index contributed by atoms with van der Waals surface area (Å²) < 4.78 is 38.3. The molecule has 1 aromatic heterocycles. The van der Waals surface area contributed by atoms with Crippen LogP contribution in [0.1, 0.15) is 10.4 Å². The maximum Gasteiger partial charge on any atom is 0.417 e. The molecular formula is C15H14ClF3N2OS. The molecule has 1 N–H and O–H groups in total. The smallest absolute Gasteiger partial charge is 0.376 e. The van der Waals surface area contributed by atoms with Crippen LogP contribution in [-0.4, -0.2) is 24.4 Å². The number of benzene rings is 1. The lowest BCUT2D eigenvalue weighted by Gasteiger charge is -2.17. The van der Waals surface area contributed by atoms with E-state index in [-0.39, 0.29) is 23.2 Å². The first-order chi connectivity index (χ1) is 10.8. The number of halogens is 4. The van der Waals surface area contributed by atoms with Gasteiger partial charge in [-0.2, -0.15) is 13.2 Å². The number of nitrogens with zero attached hydrogens (tertiary/aromatic N) is 1. The van der Waals surface area contributed by atoms with Gasteiger partial charge in [0, 0.05) is 17.6 Å². The lowest BCUT2D eigenvalue weighted by molar-refractivity contribution is -0.137. The van der Waals surface area contributed by atoms with Crippen molar-refractivity contribution < 1.29 is 18.0 Å². The normalized spacial score (nSPS) is 11.3. The van der Waals surface area contributed by atoms with Crippen LogP contribution < -0.4 is 5.32 Å². The second-order valence-corrected chi connectivity index (χ2v) is 6.31. The Morgan fingerprint density at radius 3 is 2.70 bits per heavy atom. The molecule has 8 heteroatoms. The van der Waals surface area contributed by atoms with Gasteiger partial charge in [-0.1, -0.05) is 17.7 Å². The fourth-order valence-corrected chi connectivity index (χ4v) is 2.87. The molecule has 0 saturated heterocycles. The average Bonchev–Trinajstić information content (AvgIpc) is 2.97. The molecule has 0 unspecified atom stereocenters. The summed E-state index contributed by atoms with van der Waals surface area (Å²) >= 11 is 7.09. The number of thiophene rings is 1. The standard InChI is InChI=1S/C15H14ClF3N2OS/c1-21(9-11-3-2-6-23-11)14(22)8-20-10-4-5-13(16)12(7-10)15(17,18)19/h2-7,20H,8-9H2,1H3. The van der Waals surface area contributed by atoms with Gasteiger partial charge in [0.25, 0.3) is 0 Å². The number of likely N-dealkylation sites (N-methyl/N-ethyl adjacent to an activating group) is 1. The zero-order chi connectivity index (χ0) is 17.0. The Labute approximate surface area is 140 Å². The third kappa shape index (κ3) is 4.87. The van der Waals surface area contributed by atoms with Gasteiger partial charge < -0.3 is 10.2 Å². The lowest BCUT2D eigenvalue weighted by atomic mass is 10.2. The molecule has 1 heterocycles. The summed E-state index contributed by atoms with van der Waals surface area (Å²) in [5.41, 5.74) is -0.733. The van der Waals surface area contributed by atoms with E-state index in [2.05, 4.69) is 5.32 Å². The van der Waals surface area contributed by atoms with Gasteiger partial charge in [0.1, 0.15) is 0 Å². The van der Waals surface area contributed by atoms with Gasteiger partial charge in [-0.25, -0.2) is 0 Å². The molecule has 0 bridgehead atoms. The average molecular weight is 363 g/mol. The van der Waals surface area contributed by atoms with Crippen LogP contribution >= 0.6 is 22.9 Å². The summed E-state index contributed by atoms with van der Waals surface area (Å²) in [6, 6.07) is 7.27. The monoisotopic (exact) mass is 362 g/mol. The van der Waals surface area contributed by atoms with Crippen molar-refractivity contribution in [1.29, 1.82) is 0 Å². The van der Waals surface area contributed by atoms with E-state index in [0.29, 0.717) is 6.54 Å². The number of hydrogen-bond acceptors (Lipinski definition) is 3. The minimum absolute atomic E-state index is 0.0964. The molecule has 2 aromatic rings. The molecule has 2 rings (SSSR count). The number of nitrogens with one attached hydrogen (secondary N) is 1. The Morgan fingerprint density at radius 1 is 1.35 bits per heavy atom. The summed E-state index contributed by atoms with van der Waals surface area (Å²) in [6.07, 6.45) is -4.53. The van der Waals surface area contributed by atoms with E-state index in [1.54, 1.807) is 7.05 Å². The van der Waals surface area contributed by atoms with E-state index in [0.717, 1.165) is 17.0 Å². The number of hydrogen-bond donors (Lipinski definition) is 1. The van der Waals surface area contributed by atoms with Crippen LogP contribution in [0.5, 0.6) is 0 Å². The fourth-order valence-electron chi connectivity index (χ4n) is 1.89. The number of carbonyl (C=O) groups excluding carboxylic acids is 1. The molecule has 124 valence electrons. The van der Waals surface area contributed by atoms with Crippen molar-refractivity contribution in [3.8, 4) is 0 Å². The molecule has 0 aliphatic carbocycles. The van der Waals surface area contributed by atoms with E-state index >= 15 is 0 Å². The number of alkyl halides is 3. The molecule has 23 heavy (non-hydrogen) atoms. The van der Waals surface area contributed by atoms with Crippen LogP contribution in [0.25, 0.3) is 0 Å². The molecule has 0 radical (unpaired) electrons. The number of amides is 1. The third-order valence-corrected chi connectivity index (χ3v) is 4.31. The van der Waals surface area contributed by atoms with E-state index in [4.69, 9.17) is 11.6 Å². The van der Waals surface area contributed by atoms with Gasteiger partial charge in [0.2, 0.25) is 5.91 Å². The van der Waals surface area contributed by atoms with Gasteiger partial charge in [-0.05, 0) is 29.6 Å². The topological polar surface area (TPSA) is 32.3 Å². The lowest BCUT2D eigenvalue weighted by Crippen LogP contribution is -2.31. The summed E-state index contributed by atoms with van der Waals surface area (Å²) in [4.78, 5) is 14.6. The highest BCUT2D eigenvalue weighted by molar-refractivity contribution is 7.09. The van der Waals surface area contributed by atoms with Crippen molar-refractivity contribution in [2.75, 3.05) is 18.9 Å². The molecule has 0 aliphatic rings. The van der Waals surface area contributed by atoms with Crippen LogP contribution in [0.2, 0.25) is 5.02 Å². The van der Waals surface area contributed by atoms with Crippen molar-refractivity contribution in [3.63, 3.8) is 0 Å². The Kier molecular flexibility index (Phi) is 5.54. The third-order valence-electron chi connectivity index (χ3n) is 3.11. The van der Waals surface area contributed by atoms with Gasteiger partial charge in [-0.3, -0.25) is 4.79 Å². The van der Waals surface area contributed by atoms with Crippen molar-refractivity contribution in [2.45, 2.75) is 12.7 Å². The Hall–Kier alpha value is -1.73. The second-order valence-electron chi connectivity index (χ2n) is 4.88. The molecule has 0 spiro atoms. The molecule has 0 saturated carbocycles. The van der Waals surface area contributed by atoms with Gasteiger partial charge in [0.15, 0.2) is 0 Å². The minimum Gasteiger partial charge on any atom is -0.376 e. The van der Waals surface area contributed by atoms with Crippen LogP contribution in [0, 0.1) is 0 Å². The quantitative estimate of drug-likeness (QED) is 0.849. The van der Waals surface area contributed by atoms with Crippen molar-refractivity contribution in [1.82, 2.24) is 4.90 Å². The zero-order valence-corrected chi connectivity index (χ0v) is 13.7. The molecular weight excluding hydrogens is 349 g/mol. The van der Waals surface area contributed by atoms with E-state index in [1.165, 1.54) is 22.3 Å². The summed E-state index contributed by atoms with van der Waals surface area (Å²) in [7, 11) is 1.65. The van der Waals surface area contributed by atoms with Crippen LogP contribution in [-0.2, 0) is 17.5 Å². The summed E-state index contributed by atoms with van der Waals surface area (Å²) in [5, 5.41) is 4.24. The maximum atomic E-state index is 12.8. The van der Waals surface area contributed by atoms with Crippen LogP contribution in [0.4, 0.5) is 18.9 Å². The molecule has 3 nitrogen and oxygen atoms in total. The van der Waals surface area contributed by atoms with E-state index in [9.17, 15) is 18.0 Å². The van der Waals surface area contributed by atoms with Crippen molar-refractivity contribution in [2.24, 2.45) is 0 Å². The number of carbonyl (C=O) groups is 1. The Morgan fingerprint density at radius 2 is 2.09 bits per heavy atom. The first kappa shape index (κ1) is 17.6. The van der Waals surface area contributed by atoms with E-state index in [1.807, 2.05) is 17.5 Å². The minimum atomic E-state index is -4.53. The second kappa shape index (κ2) is 7.23. The number of anilines is 1. The van der Waals surface area contributed by atoms with E-state index < -0.39 is 11.7 Å². The molecule has 1 amide bonds. The molecule has 0 fully saturated rings. The van der Waals surface area contributed by atoms with Gasteiger partial charge in [-0.15, -0.1) is 11.3 Å². The first-order valence-corrected chi connectivity index (χ1v) is 7.90. The maximum absolute atomic E-state index is 12.8. The number of rotatable bonds is 5. The highest BCUT2D eigenvalue weighted by Crippen LogP contribution is 2.36. The van der Waals surface area contributed by atoms with Crippen LogP contribution in [0.15, 0.2) is 35.7 Å². The highest BCUT2D eigenvalue weighted by Gasteiger charge is 2.33. The first-order valence-electron chi connectivity index (χ1n) is 6.64. The van der Waals surface area contributed by atoms with Crippen LogP contribution in [0.3, 0.4) is 0 Å². The van der Waals surface area contributed by atoms with Gasteiger partial charge >= 0.3 is 6.18 Å². The Bertz CT molecular complexity index is 674. The predicted molar refractivity (Wildman–Crippen MR) is 85.7 cm³/mol. The summed E-state index contributed by atoms with van der Waals surface area (Å²) in [6.45, 7) is 0.368. The molecule has 1 aromatic carbocycles. The largest absolute Gasteiger partial charge is 0.417 e. The SMILES string of the molecule is CN(Cc1cccs1)C(=O)CNc1ccc(Cl)c(C(F)(F)F)c1. The summed E-state index contributed by atoms with van der Waals surface area (Å²) in [5.74, 6) is -0.220. The molecule has 0 atom stereocenters. The van der Waals surface area contributed by atoms with Crippen molar-refractivity contribution in [3.05, 3.63) is 51.2 Å². The molecule has 0 aliphatic heterocycles.